The van der Waals surface area contributed by atoms with Gasteiger partial charge in [0.1, 0.15) is 52.0 Å². The molecule has 46 heavy (non-hydrogen) atoms. The molecule has 0 amide bonds. The van der Waals surface area contributed by atoms with Crippen molar-refractivity contribution in [3.8, 4) is 39.6 Å². The molecule has 2 aromatic carbocycles. The molecule has 0 radical (unpaired) electrons. The van der Waals surface area contributed by atoms with Crippen molar-refractivity contribution in [3.63, 3.8) is 0 Å². The highest BCUT2D eigenvalue weighted by molar-refractivity contribution is 7.98. The summed E-state index contributed by atoms with van der Waals surface area (Å²) >= 11 is 9.01. The lowest BCUT2D eigenvalue weighted by atomic mass is 9.96. The average molecular weight is 674 g/mol. The van der Waals surface area contributed by atoms with Crippen molar-refractivity contribution in [2.45, 2.75) is 36.1 Å². The Kier molecular flexibility index (Phi) is 11.5. The van der Waals surface area contributed by atoms with Crippen molar-refractivity contribution in [2.75, 3.05) is 37.7 Å². The summed E-state index contributed by atoms with van der Waals surface area (Å²) in [5.74, 6) is 0.760. The van der Waals surface area contributed by atoms with Crippen LogP contribution in [0.3, 0.4) is 0 Å². The van der Waals surface area contributed by atoms with Gasteiger partial charge in [-0.25, -0.2) is 9.97 Å². The molecule has 1 atom stereocenters. The maximum atomic E-state index is 11.4. The number of ether oxygens (including phenoxy) is 1. The maximum absolute atomic E-state index is 11.4. The highest BCUT2D eigenvalue weighted by Crippen LogP contribution is 2.40. The molecule has 10 nitrogen and oxygen atoms in total. The summed E-state index contributed by atoms with van der Waals surface area (Å²) in [7, 11) is 0. The first-order valence-corrected chi connectivity index (χ1v) is 17.0. The third-order valence-electron chi connectivity index (χ3n) is 7.42. The van der Waals surface area contributed by atoms with Crippen molar-refractivity contribution >= 4 is 46.5 Å². The van der Waals surface area contributed by atoms with Gasteiger partial charge in [-0.15, -0.1) is 11.3 Å². The van der Waals surface area contributed by atoms with E-state index in [9.17, 15) is 20.4 Å². The molecule has 13 heteroatoms. The molecule has 3 heterocycles. The Morgan fingerprint density at radius 3 is 2.46 bits per heavy atom. The molecule has 0 bridgehead atoms. The minimum absolute atomic E-state index is 0.268. The van der Waals surface area contributed by atoms with Crippen molar-refractivity contribution in [1.82, 2.24) is 15.3 Å². The Labute approximate surface area is 280 Å². The van der Waals surface area contributed by atoms with Crippen LogP contribution in [0.25, 0.3) is 21.7 Å². The van der Waals surface area contributed by atoms with E-state index in [1.807, 2.05) is 41.8 Å². The van der Waals surface area contributed by atoms with Crippen LogP contribution < -0.4 is 20.7 Å². The first-order valence-electron chi connectivity index (χ1n) is 14.8. The van der Waals surface area contributed by atoms with Crippen LogP contribution in [-0.2, 0) is 10.5 Å². The van der Waals surface area contributed by atoms with Gasteiger partial charge in [0.15, 0.2) is 0 Å². The van der Waals surface area contributed by atoms with Gasteiger partial charge in [-0.05, 0) is 55.6 Å². The van der Waals surface area contributed by atoms with Gasteiger partial charge in [-0.2, -0.15) is 10.5 Å². The number of hydrogen-bond acceptors (Lipinski definition) is 11. The summed E-state index contributed by atoms with van der Waals surface area (Å²) in [6.45, 7) is 2.64. The number of aliphatic carboxylic acids is 1. The number of carbonyl (C=O) groups is 1. The van der Waals surface area contributed by atoms with Gasteiger partial charge >= 0.3 is 5.97 Å². The predicted octanol–water partition coefficient (Wildman–Crippen LogP) is 5.93. The van der Waals surface area contributed by atoms with E-state index < -0.39 is 12.0 Å². The highest BCUT2D eigenvalue weighted by Gasteiger charge is 2.27. The van der Waals surface area contributed by atoms with Crippen LogP contribution in [0.2, 0.25) is 5.02 Å². The molecule has 0 unspecified atom stereocenters. The molecule has 0 spiro atoms. The minimum atomic E-state index is -0.916. The van der Waals surface area contributed by atoms with E-state index in [0.29, 0.717) is 75.6 Å². The number of nitrogens with two attached hydrogens (primary N) is 1. The zero-order valence-electron chi connectivity index (χ0n) is 24.9. The number of carboxylic acid groups (broad SMARTS) is 1. The third kappa shape index (κ3) is 7.97. The summed E-state index contributed by atoms with van der Waals surface area (Å²) in [4.78, 5) is 23.1. The fraction of sp³-hybridized carbons (Fsp3) is 0.303. The molecule has 1 aliphatic heterocycles. The predicted molar refractivity (Wildman–Crippen MR) is 181 cm³/mol. The standard InChI is InChI=1S/C33H32ClN7O3S2/c34-23-8-4-22(5-9-23)31-39-24(19-45-31)20-46-32-27(18-37)29(26(17-36)30(40-32)41-14-2-15-41)21-6-10-25(11-7-21)44-16-13-38-28(33(42)43)3-1-12-35/h4-11,19,28,38H,1-3,12-16,20,35H2,(H,42,43)/t28-/m0/s1. The number of nitrogens with zero attached hydrogens (tertiary/aromatic N) is 5. The Hall–Kier alpha value is -4.17. The smallest absolute Gasteiger partial charge is 0.320 e. The number of thiazole rings is 1. The molecule has 0 saturated carbocycles. The maximum Gasteiger partial charge on any atom is 0.320 e. The molecule has 4 aromatic rings. The number of carboxylic acids is 1. The van der Waals surface area contributed by atoms with Gasteiger partial charge in [0.2, 0.25) is 0 Å². The summed E-state index contributed by atoms with van der Waals surface area (Å²) in [5.41, 5.74) is 9.32. The summed E-state index contributed by atoms with van der Waals surface area (Å²) in [6.07, 6.45) is 2.08. The highest BCUT2D eigenvalue weighted by atomic mass is 35.5. The second kappa shape index (κ2) is 15.9. The molecule has 5 rings (SSSR count). The largest absolute Gasteiger partial charge is 0.492 e. The molecule has 1 saturated heterocycles. The van der Waals surface area contributed by atoms with E-state index in [-0.39, 0.29) is 6.61 Å². The summed E-state index contributed by atoms with van der Waals surface area (Å²) < 4.78 is 5.84. The SMILES string of the molecule is N#Cc1c(SCc2csc(-c3ccc(Cl)cc3)n2)nc(N2CCC2)c(C#N)c1-c1ccc(OCCN[C@@H](CCCN)C(=O)O)cc1. The van der Waals surface area contributed by atoms with Gasteiger partial charge in [-0.3, -0.25) is 4.79 Å². The van der Waals surface area contributed by atoms with E-state index >= 15 is 0 Å². The van der Waals surface area contributed by atoms with Gasteiger partial charge < -0.3 is 25.8 Å². The Bertz CT molecular complexity index is 1750. The Balaban J connectivity index is 1.35. The number of halogens is 1. The van der Waals surface area contributed by atoms with Crippen LogP contribution in [-0.4, -0.2) is 59.9 Å². The number of nitriles is 2. The van der Waals surface area contributed by atoms with Crippen LogP contribution in [0.5, 0.6) is 5.75 Å². The molecule has 0 aliphatic carbocycles. The van der Waals surface area contributed by atoms with Crippen LogP contribution in [0, 0.1) is 22.7 Å². The first-order chi connectivity index (χ1) is 22.4. The monoisotopic (exact) mass is 673 g/mol. The second-order valence-electron chi connectivity index (χ2n) is 10.5. The van der Waals surface area contributed by atoms with Crippen LogP contribution in [0.15, 0.2) is 58.9 Å². The lowest BCUT2D eigenvalue weighted by molar-refractivity contribution is -0.139. The fourth-order valence-corrected chi connectivity index (χ4v) is 6.84. The summed E-state index contributed by atoms with van der Waals surface area (Å²) in [6, 6.07) is 18.7. The number of hydrogen-bond donors (Lipinski definition) is 3. The fourth-order valence-electron chi connectivity index (χ4n) is 4.91. The number of rotatable bonds is 15. The van der Waals surface area contributed by atoms with Gasteiger partial charge in [0.25, 0.3) is 0 Å². The van der Waals surface area contributed by atoms with Crippen molar-refractivity contribution < 1.29 is 14.6 Å². The van der Waals surface area contributed by atoms with Gasteiger partial charge in [0, 0.05) is 46.9 Å². The lowest BCUT2D eigenvalue weighted by Gasteiger charge is -2.33. The number of thioether (sulfide) groups is 1. The Morgan fingerprint density at radius 2 is 1.83 bits per heavy atom. The molecular formula is C33H32ClN7O3S2. The van der Waals surface area contributed by atoms with Crippen molar-refractivity contribution in [2.24, 2.45) is 5.73 Å². The quantitative estimate of drug-likeness (QED) is 0.101. The molecule has 236 valence electrons. The third-order valence-corrected chi connectivity index (χ3v) is 9.62. The van der Waals surface area contributed by atoms with Crippen molar-refractivity contribution in [3.05, 3.63) is 75.8 Å². The van der Waals surface area contributed by atoms with Gasteiger partial charge in [-0.1, -0.05) is 47.6 Å². The molecule has 4 N–H and O–H groups in total. The zero-order valence-corrected chi connectivity index (χ0v) is 27.3. The average Bonchev–Trinajstić information content (AvgIpc) is 3.51. The zero-order chi connectivity index (χ0) is 32.5. The minimum Gasteiger partial charge on any atom is -0.492 e. The van der Waals surface area contributed by atoms with Crippen LogP contribution >= 0.6 is 34.7 Å². The number of aromatic nitrogens is 2. The van der Waals surface area contributed by atoms with E-state index in [1.165, 1.54) is 11.8 Å². The molecular weight excluding hydrogens is 642 g/mol. The van der Waals surface area contributed by atoms with E-state index in [0.717, 1.165) is 35.8 Å². The van der Waals surface area contributed by atoms with Gasteiger partial charge in [0.05, 0.1) is 11.3 Å². The number of pyridine rings is 1. The van der Waals surface area contributed by atoms with E-state index in [4.69, 9.17) is 32.0 Å². The molecule has 2 aromatic heterocycles. The van der Waals surface area contributed by atoms with Crippen LogP contribution in [0.1, 0.15) is 36.1 Å². The first kappa shape index (κ1) is 33.2. The number of benzene rings is 2. The normalized spacial score (nSPS) is 13.0. The number of nitrogens with one attached hydrogen (secondary N) is 1. The topological polar surface area (TPSA) is 161 Å². The molecule has 1 fully saturated rings. The van der Waals surface area contributed by atoms with E-state index in [2.05, 4.69) is 22.4 Å². The van der Waals surface area contributed by atoms with E-state index in [1.54, 1.807) is 23.5 Å². The second-order valence-corrected chi connectivity index (χ2v) is 12.8. The molecule has 1 aliphatic rings. The lowest BCUT2D eigenvalue weighted by Crippen LogP contribution is -2.39. The summed E-state index contributed by atoms with van der Waals surface area (Å²) in [5, 5.41) is 37.1. The van der Waals surface area contributed by atoms with Crippen molar-refractivity contribution in [1.29, 1.82) is 10.5 Å². The number of anilines is 1. The Morgan fingerprint density at radius 1 is 1.11 bits per heavy atom. The van der Waals surface area contributed by atoms with Crippen LogP contribution in [0.4, 0.5) is 5.82 Å².